The molecule has 0 spiro atoms. The van der Waals surface area contributed by atoms with Gasteiger partial charge in [-0.05, 0) is 69.1 Å². The summed E-state index contributed by atoms with van der Waals surface area (Å²) in [4.78, 5) is 12.1. The zero-order chi connectivity index (χ0) is 18.2. The molecule has 0 heterocycles. The van der Waals surface area contributed by atoms with Crippen molar-refractivity contribution in [1.82, 2.24) is 0 Å². The first kappa shape index (κ1) is 19.8. The largest absolute Gasteiger partial charge is 0.481 e. The highest BCUT2D eigenvalue weighted by Gasteiger charge is 2.61. The second-order valence-corrected chi connectivity index (χ2v) is 9.33. The van der Waals surface area contributed by atoms with Crippen molar-refractivity contribution < 1.29 is 14.6 Å². The molecule has 3 nitrogen and oxygen atoms in total. The highest BCUT2D eigenvalue weighted by atomic mass is 16.5. The van der Waals surface area contributed by atoms with Gasteiger partial charge in [0.15, 0.2) is 0 Å². The normalized spacial score (nSPS) is 43.9. The summed E-state index contributed by atoms with van der Waals surface area (Å²) < 4.78 is 6.05. The number of rotatable bonds is 6. The van der Waals surface area contributed by atoms with Crippen LogP contribution in [0.3, 0.4) is 0 Å². The smallest absolute Gasteiger partial charge is 0.309 e. The number of carbonyl (C=O) groups is 1. The molecule has 0 aromatic carbocycles. The van der Waals surface area contributed by atoms with Crippen molar-refractivity contribution >= 4 is 5.97 Å². The van der Waals surface area contributed by atoms with Crippen LogP contribution < -0.4 is 0 Å². The molecule has 0 aromatic heterocycles. The SMILES string of the molecule is CC[C@H](C)CC[C@@H]1[C@@]2(C)CCC[C@@](C)(C(=O)O)[C@@H]2CC[C@@]1(C)OC. The standard InChI is InChI=1S/C21H38O3/c1-7-15(2)9-10-17-19(3)12-8-13-20(4,18(22)23)16(19)11-14-21(17,5)24-6/h15-17H,7-14H2,1-6H3,(H,22,23)/t15-,16+,17+,19-,20+,21+/m0/s1. The molecule has 2 saturated carbocycles. The van der Waals surface area contributed by atoms with Crippen LogP contribution in [-0.2, 0) is 9.53 Å². The van der Waals surface area contributed by atoms with E-state index in [0.717, 1.165) is 44.4 Å². The summed E-state index contributed by atoms with van der Waals surface area (Å²) in [5.41, 5.74) is -0.617. The Morgan fingerprint density at radius 2 is 1.92 bits per heavy atom. The molecule has 24 heavy (non-hydrogen) atoms. The first-order valence-corrected chi connectivity index (χ1v) is 9.92. The van der Waals surface area contributed by atoms with E-state index in [1.54, 1.807) is 0 Å². The molecule has 0 aliphatic heterocycles. The average molecular weight is 339 g/mol. The summed E-state index contributed by atoms with van der Waals surface area (Å²) >= 11 is 0. The van der Waals surface area contributed by atoms with Gasteiger partial charge in [0.2, 0.25) is 0 Å². The van der Waals surface area contributed by atoms with Gasteiger partial charge in [0, 0.05) is 7.11 Å². The van der Waals surface area contributed by atoms with Crippen molar-refractivity contribution in [3.8, 4) is 0 Å². The van der Waals surface area contributed by atoms with E-state index in [-0.39, 0.29) is 16.9 Å². The lowest BCUT2D eigenvalue weighted by Crippen LogP contribution is -2.60. The van der Waals surface area contributed by atoms with Gasteiger partial charge < -0.3 is 9.84 Å². The number of methoxy groups -OCH3 is 1. The van der Waals surface area contributed by atoms with Gasteiger partial charge >= 0.3 is 5.97 Å². The molecular weight excluding hydrogens is 300 g/mol. The monoisotopic (exact) mass is 338 g/mol. The summed E-state index contributed by atoms with van der Waals surface area (Å²) in [5, 5.41) is 9.95. The Morgan fingerprint density at radius 1 is 1.25 bits per heavy atom. The third-order valence-corrected chi connectivity index (χ3v) is 8.04. The minimum absolute atomic E-state index is 0.0713. The molecule has 0 bridgehead atoms. The topological polar surface area (TPSA) is 46.5 Å². The maximum Gasteiger partial charge on any atom is 0.309 e. The Morgan fingerprint density at radius 3 is 2.46 bits per heavy atom. The van der Waals surface area contributed by atoms with Gasteiger partial charge in [-0.1, -0.05) is 40.0 Å². The van der Waals surface area contributed by atoms with E-state index < -0.39 is 11.4 Å². The molecule has 0 radical (unpaired) electrons. The first-order chi connectivity index (χ1) is 11.1. The van der Waals surface area contributed by atoms with E-state index in [4.69, 9.17) is 4.74 Å². The summed E-state index contributed by atoms with van der Waals surface area (Å²) in [6.45, 7) is 11.2. The van der Waals surface area contributed by atoms with Crippen LogP contribution in [0.4, 0.5) is 0 Å². The van der Waals surface area contributed by atoms with Crippen LogP contribution in [0.2, 0.25) is 0 Å². The van der Waals surface area contributed by atoms with Gasteiger partial charge in [0.05, 0.1) is 11.0 Å². The van der Waals surface area contributed by atoms with Crippen LogP contribution >= 0.6 is 0 Å². The van der Waals surface area contributed by atoms with Crippen molar-refractivity contribution in [2.24, 2.45) is 28.6 Å². The average Bonchev–Trinajstić information content (AvgIpc) is 2.53. The minimum atomic E-state index is -0.597. The number of ether oxygens (including phenoxy) is 1. The minimum Gasteiger partial charge on any atom is -0.481 e. The Balaban J connectivity index is 2.36. The highest BCUT2D eigenvalue weighted by molar-refractivity contribution is 5.75. The second-order valence-electron chi connectivity index (χ2n) is 9.33. The molecule has 0 aromatic rings. The molecule has 0 unspecified atom stereocenters. The Labute approximate surface area is 148 Å². The molecule has 2 fully saturated rings. The van der Waals surface area contributed by atoms with E-state index in [0.29, 0.717) is 5.92 Å². The van der Waals surface area contributed by atoms with E-state index in [1.165, 1.54) is 12.8 Å². The fraction of sp³-hybridized carbons (Fsp3) is 0.952. The van der Waals surface area contributed by atoms with Crippen LogP contribution in [0.1, 0.15) is 86.0 Å². The van der Waals surface area contributed by atoms with Gasteiger partial charge in [-0.15, -0.1) is 0 Å². The highest BCUT2D eigenvalue weighted by Crippen LogP contribution is 2.63. The number of hydrogen-bond donors (Lipinski definition) is 1. The molecule has 3 heteroatoms. The molecule has 0 saturated heterocycles. The number of hydrogen-bond acceptors (Lipinski definition) is 2. The Bertz CT molecular complexity index is 462. The maximum atomic E-state index is 12.1. The van der Waals surface area contributed by atoms with Crippen LogP contribution in [0.5, 0.6) is 0 Å². The zero-order valence-electron chi connectivity index (χ0n) is 16.7. The van der Waals surface area contributed by atoms with Crippen molar-refractivity contribution in [3.05, 3.63) is 0 Å². The van der Waals surface area contributed by atoms with E-state index in [9.17, 15) is 9.90 Å². The molecule has 6 atom stereocenters. The number of fused-ring (bicyclic) bond motifs is 1. The zero-order valence-corrected chi connectivity index (χ0v) is 16.7. The van der Waals surface area contributed by atoms with Crippen LogP contribution in [0.15, 0.2) is 0 Å². The summed E-state index contributed by atoms with van der Waals surface area (Å²) in [6, 6.07) is 0. The van der Waals surface area contributed by atoms with Crippen LogP contribution in [0, 0.1) is 28.6 Å². The first-order valence-electron chi connectivity index (χ1n) is 9.92. The van der Waals surface area contributed by atoms with Gasteiger partial charge in [-0.3, -0.25) is 4.79 Å². The molecular formula is C21H38O3. The van der Waals surface area contributed by atoms with Gasteiger partial charge in [-0.25, -0.2) is 0 Å². The van der Waals surface area contributed by atoms with E-state index in [2.05, 4.69) is 27.7 Å². The van der Waals surface area contributed by atoms with Crippen molar-refractivity contribution in [2.45, 2.75) is 91.6 Å². The molecule has 2 rings (SSSR count). The third-order valence-electron chi connectivity index (χ3n) is 8.04. The van der Waals surface area contributed by atoms with E-state index in [1.807, 2.05) is 14.0 Å². The van der Waals surface area contributed by atoms with Gasteiger partial charge in [0.1, 0.15) is 0 Å². The lowest BCUT2D eigenvalue weighted by molar-refractivity contribution is -0.198. The Kier molecular flexibility index (Phi) is 5.74. The van der Waals surface area contributed by atoms with Crippen LogP contribution in [0.25, 0.3) is 0 Å². The quantitative estimate of drug-likeness (QED) is 0.693. The number of aliphatic carboxylic acids is 1. The van der Waals surface area contributed by atoms with Gasteiger partial charge in [-0.2, -0.15) is 0 Å². The summed E-state index contributed by atoms with van der Waals surface area (Å²) in [5.74, 6) is 0.841. The number of carboxylic acids is 1. The van der Waals surface area contributed by atoms with Crippen molar-refractivity contribution in [3.63, 3.8) is 0 Å². The molecule has 2 aliphatic carbocycles. The summed E-state index contributed by atoms with van der Waals surface area (Å²) in [6.07, 6.45) is 8.53. The fourth-order valence-electron chi connectivity index (χ4n) is 6.07. The molecule has 2 aliphatic rings. The maximum absolute atomic E-state index is 12.1. The van der Waals surface area contributed by atoms with Crippen molar-refractivity contribution in [2.75, 3.05) is 7.11 Å². The fourth-order valence-corrected chi connectivity index (χ4v) is 6.07. The second kappa shape index (κ2) is 6.97. The van der Waals surface area contributed by atoms with Crippen molar-refractivity contribution in [1.29, 1.82) is 0 Å². The number of carboxylic acid groups (broad SMARTS) is 1. The predicted molar refractivity (Wildman–Crippen MR) is 98.0 cm³/mol. The predicted octanol–water partition coefficient (Wildman–Crippen LogP) is 5.53. The lowest BCUT2D eigenvalue weighted by atomic mass is 9.44. The molecule has 1 N–H and O–H groups in total. The van der Waals surface area contributed by atoms with E-state index >= 15 is 0 Å². The molecule has 0 amide bonds. The summed E-state index contributed by atoms with van der Waals surface area (Å²) in [7, 11) is 1.85. The lowest BCUT2D eigenvalue weighted by Gasteiger charge is -2.61. The molecule has 140 valence electrons. The van der Waals surface area contributed by atoms with Gasteiger partial charge in [0.25, 0.3) is 0 Å². The van der Waals surface area contributed by atoms with Crippen LogP contribution in [-0.4, -0.2) is 23.8 Å². The third kappa shape index (κ3) is 3.13. The Hall–Kier alpha value is -0.570.